The van der Waals surface area contributed by atoms with Gasteiger partial charge in [0.05, 0.1) is 0 Å². The van der Waals surface area contributed by atoms with Gasteiger partial charge in [-0.15, -0.1) is 0 Å². The van der Waals surface area contributed by atoms with Gasteiger partial charge in [-0.05, 0) is 12.5 Å². The van der Waals surface area contributed by atoms with Crippen molar-refractivity contribution in [3.63, 3.8) is 0 Å². The van der Waals surface area contributed by atoms with Crippen molar-refractivity contribution in [2.75, 3.05) is 0 Å². The SMILES string of the molecule is Cc1cccc(CC(F)(C(F)(F)F)C(F)(F)F)c1. The lowest BCUT2D eigenvalue weighted by atomic mass is 9.94. The summed E-state index contributed by atoms with van der Waals surface area (Å²) < 4.78 is 87.1. The third-order valence-electron chi connectivity index (χ3n) is 2.43. The fraction of sp³-hybridized carbons (Fsp3) is 0.455. The Kier molecular flexibility index (Phi) is 3.65. The highest BCUT2D eigenvalue weighted by Gasteiger charge is 2.72. The Balaban J connectivity index is 3.16. The van der Waals surface area contributed by atoms with Crippen LogP contribution in [0.4, 0.5) is 30.7 Å². The van der Waals surface area contributed by atoms with Crippen molar-refractivity contribution in [1.29, 1.82) is 0 Å². The first-order valence-electron chi connectivity index (χ1n) is 4.85. The molecule has 0 atom stereocenters. The van der Waals surface area contributed by atoms with Crippen molar-refractivity contribution < 1.29 is 30.7 Å². The molecular weight excluding hydrogens is 265 g/mol. The van der Waals surface area contributed by atoms with E-state index in [4.69, 9.17) is 0 Å². The number of hydrogen-bond donors (Lipinski definition) is 0. The number of hydrogen-bond acceptors (Lipinski definition) is 0. The zero-order chi connectivity index (χ0) is 14.2. The molecule has 0 bridgehead atoms. The molecule has 1 rings (SSSR count). The average molecular weight is 274 g/mol. The van der Waals surface area contributed by atoms with Crippen LogP contribution in [0.5, 0.6) is 0 Å². The standard InChI is InChI=1S/C11H9F7/c1-7-3-2-4-8(5-7)6-9(12,10(13,14)15)11(16,17)18/h2-5H,6H2,1H3. The Labute approximate surface area is 98.4 Å². The van der Waals surface area contributed by atoms with Crippen LogP contribution in [0.3, 0.4) is 0 Å². The van der Waals surface area contributed by atoms with Gasteiger partial charge in [-0.1, -0.05) is 29.8 Å². The molecule has 0 heterocycles. The number of benzene rings is 1. The molecular formula is C11H9F7. The monoisotopic (exact) mass is 274 g/mol. The zero-order valence-corrected chi connectivity index (χ0v) is 9.16. The van der Waals surface area contributed by atoms with Gasteiger partial charge in [-0.3, -0.25) is 0 Å². The third-order valence-corrected chi connectivity index (χ3v) is 2.43. The Hall–Kier alpha value is -1.27. The van der Waals surface area contributed by atoms with Crippen molar-refractivity contribution in [3.05, 3.63) is 35.4 Å². The van der Waals surface area contributed by atoms with Crippen molar-refractivity contribution >= 4 is 0 Å². The molecule has 0 aliphatic carbocycles. The van der Waals surface area contributed by atoms with Gasteiger partial charge < -0.3 is 0 Å². The van der Waals surface area contributed by atoms with Crippen LogP contribution in [0, 0.1) is 6.92 Å². The van der Waals surface area contributed by atoms with E-state index in [-0.39, 0.29) is 5.56 Å². The van der Waals surface area contributed by atoms with Crippen molar-refractivity contribution in [2.24, 2.45) is 0 Å². The van der Waals surface area contributed by atoms with E-state index in [9.17, 15) is 30.7 Å². The van der Waals surface area contributed by atoms with Crippen LogP contribution in [0.25, 0.3) is 0 Å². The van der Waals surface area contributed by atoms with Crippen LogP contribution in [0.15, 0.2) is 24.3 Å². The van der Waals surface area contributed by atoms with Crippen LogP contribution in [0.2, 0.25) is 0 Å². The third kappa shape index (κ3) is 2.76. The number of rotatable bonds is 2. The molecule has 1 aromatic rings. The summed E-state index contributed by atoms with van der Waals surface area (Å²) in [6.07, 6.45) is -13.8. The molecule has 0 aliphatic heterocycles. The largest absolute Gasteiger partial charge is 0.431 e. The molecule has 0 aliphatic rings. The minimum atomic E-state index is -6.00. The molecule has 0 saturated heterocycles. The van der Waals surface area contributed by atoms with E-state index in [0.717, 1.165) is 12.1 Å². The van der Waals surface area contributed by atoms with Crippen molar-refractivity contribution in [3.8, 4) is 0 Å². The van der Waals surface area contributed by atoms with Gasteiger partial charge in [0.2, 0.25) is 0 Å². The normalized spacial score (nSPS) is 13.8. The molecule has 0 nitrogen and oxygen atoms in total. The summed E-state index contributed by atoms with van der Waals surface area (Å²) >= 11 is 0. The highest BCUT2D eigenvalue weighted by molar-refractivity contribution is 5.24. The number of aryl methyl sites for hydroxylation is 1. The molecule has 1 aromatic carbocycles. The van der Waals surface area contributed by atoms with Crippen LogP contribution >= 0.6 is 0 Å². The Bertz CT molecular complexity index is 402. The maximum absolute atomic E-state index is 13.4. The van der Waals surface area contributed by atoms with Gasteiger partial charge >= 0.3 is 18.0 Å². The van der Waals surface area contributed by atoms with E-state index in [1.807, 2.05) is 0 Å². The molecule has 0 radical (unpaired) electrons. The minimum absolute atomic E-state index is 0.354. The van der Waals surface area contributed by atoms with Crippen LogP contribution in [-0.2, 0) is 6.42 Å². The highest BCUT2D eigenvalue weighted by atomic mass is 19.4. The Morgan fingerprint density at radius 1 is 0.889 bits per heavy atom. The van der Waals surface area contributed by atoms with Gasteiger partial charge in [-0.25, -0.2) is 4.39 Å². The Morgan fingerprint density at radius 3 is 1.78 bits per heavy atom. The molecule has 0 fully saturated rings. The molecule has 0 aromatic heterocycles. The molecule has 0 unspecified atom stereocenters. The lowest BCUT2D eigenvalue weighted by Gasteiger charge is -2.30. The summed E-state index contributed by atoms with van der Waals surface area (Å²) in [4.78, 5) is 0. The maximum Gasteiger partial charge on any atom is 0.431 e. The first kappa shape index (κ1) is 14.8. The second kappa shape index (κ2) is 4.44. The van der Waals surface area contributed by atoms with Gasteiger partial charge in [0.25, 0.3) is 0 Å². The summed E-state index contributed by atoms with van der Waals surface area (Å²) in [7, 11) is 0. The van der Waals surface area contributed by atoms with Gasteiger partial charge in [0.15, 0.2) is 0 Å². The van der Waals surface area contributed by atoms with E-state index in [1.165, 1.54) is 19.1 Å². The van der Waals surface area contributed by atoms with Gasteiger partial charge in [-0.2, -0.15) is 26.3 Å². The van der Waals surface area contributed by atoms with Gasteiger partial charge in [0.1, 0.15) is 0 Å². The molecule has 18 heavy (non-hydrogen) atoms. The van der Waals surface area contributed by atoms with Crippen LogP contribution < -0.4 is 0 Å². The minimum Gasteiger partial charge on any atom is -0.223 e. The van der Waals surface area contributed by atoms with E-state index < -0.39 is 24.4 Å². The molecule has 0 N–H and O–H groups in total. The molecule has 0 saturated carbocycles. The number of alkyl halides is 7. The topological polar surface area (TPSA) is 0 Å². The quantitative estimate of drug-likeness (QED) is 0.702. The van der Waals surface area contributed by atoms with Crippen molar-refractivity contribution in [1.82, 2.24) is 0 Å². The van der Waals surface area contributed by atoms with E-state index >= 15 is 0 Å². The second-order valence-electron chi connectivity index (χ2n) is 3.96. The zero-order valence-electron chi connectivity index (χ0n) is 9.16. The van der Waals surface area contributed by atoms with E-state index in [0.29, 0.717) is 5.56 Å². The predicted molar refractivity (Wildman–Crippen MR) is 50.8 cm³/mol. The number of halogens is 7. The van der Waals surface area contributed by atoms with Gasteiger partial charge in [0, 0.05) is 6.42 Å². The average Bonchev–Trinajstić information content (AvgIpc) is 2.13. The molecule has 7 heteroatoms. The summed E-state index contributed by atoms with van der Waals surface area (Å²) in [5, 5.41) is 0. The maximum atomic E-state index is 13.4. The lowest BCUT2D eigenvalue weighted by molar-refractivity contribution is -0.340. The summed E-state index contributed by atoms with van der Waals surface area (Å²) in [5.41, 5.74) is -5.13. The summed E-state index contributed by atoms with van der Waals surface area (Å²) in [5.74, 6) is 0. The first-order valence-corrected chi connectivity index (χ1v) is 4.85. The van der Waals surface area contributed by atoms with E-state index in [1.54, 1.807) is 0 Å². The first-order chi connectivity index (χ1) is 7.97. The molecule has 0 spiro atoms. The van der Waals surface area contributed by atoms with Crippen LogP contribution in [-0.4, -0.2) is 18.0 Å². The highest BCUT2D eigenvalue weighted by Crippen LogP contribution is 2.48. The lowest BCUT2D eigenvalue weighted by Crippen LogP contribution is -2.54. The predicted octanol–water partition coefficient (Wildman–Crippen LogP) is 4.37. The fourth-order valence-corrected chi connectivity index (χ4v) is 1.46. The summed E-state index contributed by atoms with van der Waals surface area (Å²) in [6.45, 7) is 1.49. The van der Waals surface area contributed by atoms with E-state index in [2.05, 4.69) is 0 Å². The molecule has 0 amide bonds. The second-order valence-corrected chi connectivity index (χ2v) is 3.96. The smallest absolute Gasteiger partial charge is 0.223 e. The van der Waals surface area contributed by atoms with Crippen molar-refractivity contribution in [2.45, 2.75) is 31.4 Å². The fourth-order valence-electron chi connectivity index (χ4n) is 1.46. The molecule has 102 valence electrons. The Morgan fingerprint density at radius 2 is 1.39 bits per heavy atom. The summed E-state index contributed by atoms with van der Waals surface area (Å²) in [6, 6.07) is 4.88. The van der Waals surface area contributed by atoms with Crippen LogP contribution in [0.1, 0.15) is 11.1 Å².